The molecule has 1 heterocycles. The van der Waals surface area contributed by atoms with E-state index in [0.29, 0.717) is 12.3 Å². The molecule has 2 rings (SSSR count). The van der Waals surface area contributed by atoms with Crippen LogP contribution in [0.3, 0.4) is 0 Å². The third kappa shape index (κ3) is 6.96. The number of aliphatic hydroxyl groups excluding tert-OH is 1. The minimum Gasteiger partial charge on any atom is -0.481 e. The molecule has 1 saturated heterocycles. The van der Waals surface area contributed by atoms with Gasteiger partial charge in [-0.2, -0.15) is 0 Å². The Morgan fingerprint density at radius 3 is 2.48 bits per heavy atom. The van der Waals surface area contributed by atoms with Crippen LogP contribution in [0.2, 0.25) is 0 Å². The summed E-state index contributed by atoms with van der Waals surface area (Å²) in [6, 6.07) is 0. The van der Waals surface area contributed by atoms with Crippen LogP contribution in [0.5, 0.6) is 0 Å². The Bertz CT molecular complexity index is 433. The van der Waals surface area contributed by atoms with E-state index in [4.69, 9.17) is 5.11 Å². The Hall–Kier alpha value is -1.10. The standard InChI is InChI=1S/C20H35NO4/c22-17(16-8-4-3-5-9-16)11-14-20(15-12-18(23)21-20)13-7-2-1-6-10-19(24)25/h16-17,22H,1-15H2,(H,21,23)(H,24,25)/t17-,20+/m1/s1. The lowest BCUT2D eigenvalue weighted by molar-refractivity contribution is -0.137. The first kappa shape index (κ1) is 20.2. The third-order valence-electron chi connectivity index (χ3n) is 6.14. The molecule has 5 nitrogen and oxygen atoms in total. The summed E-state index contributed by atoms with van der Waals surface area (Å²) in [5.74, 6) is -0.145. The number of carbonyl (C=O) groups is 2. The SMILES string of the molecule is O=C(O)CCCCCC[C@]1(CC[C@@H](O)C2CCCCC2)CCC(=O)N1. The summed E-state index contributed by atoms with van der Waals surface area (Å²) in [5, 5.41) is 22.4. The summed E-state index contributed by atoms with van der Waals surface area (Å²) in [4.78, 5) is 22.3. The van der Waals surface area contributed by atoms with Crippen molar-refractivity contribution in [2.75, 3.05) is 0 Å². The molecule has 2 fully saturated rings. The summed E-state index contributed by atoms with van der Waals surface area (Å²) < 4.78 is 0. The number of nitrogens with one attached hydrogen (secondary N) is 1. The van der Waals surface area contributed by atoms with Crippen molar-refractivity contribution >= 4 is 11.9 Å². The highest BCUT2D eigenvalue weighted by atomic mass is 16.4. The molecular weight excluding hydrogens is 318 g/mol. The number of aliphatic carboxylic acids is 1. The van der Waals surface area contributed by atoms with Crippen molar-refractivity contribution in [3.05, 3.63) is 0 Å². The lowest BCUT2D eigenvalue weighted by Gasteiger charge is -2.33. The Labute approximate surface area is 151 Å². The molecule has 25 heavy (non-hydrogen) atoms. The molecule has 0 radical (unpaired) electrons. The zero-order valence-electron chi connectivity index (χ0n) is 15.5. The molecule has 2 aliphatic rings. The second-order valence-electron chi connectivity index (χ2n) is 8.14. The van der Waals surface area contributed by atoms with E-state index < -0.39 is 5.97 Å². The molecule has 0 aromatic carbocycles. The average molecular weight is 354 g/mol. The van der Waals surface area contributed by atoms with Gasteiger partial charge in [-0.3, -0.25) is 9.59 Å². The molecule has 1 aliphatic carbocycles. The van der Waals surface area contributed by atoms with Gasteiger partial charge in [-0.15, -0.1) is 0 Å². The third-order valence-corrected chi connectivity index (χ3v) is 6.14. The van der Waals surface area contributed by atoms with Crippen molar-refractivity contribution in [2.24, 2.45) is 5.92 Å². The fourth-order valence-corrected chi connectivity index (χ4v) is 4.55. The zero-order valence-corrected chi connectivity index (χ0v) is 15.5. The van der Waals surface area contributed by atoms with Crippen LogP contribution in [-0.2, 0) is 9.59 Å². The number of rotatable bonds is 11. The Balaban J connectivity index is 1.73. The lowest BCUT2D eigenvalue weighted by Crippen LogP contribution is -2.42. The summed E-state index contributed by atoms with van der Waals surface area (Å²) in [6.07, 6.45) is 13.8. The van der Waals surface area contributed by atoms with Gasteiger partial charge in [0, 0.05) is 18.4 Å². The maximum atomic E-state index is 11.8. The largest absolute Gasteiger partial charge is 0.481 e. The van der Waals surface area contributed by atoms with Crippen LogP contribution < -0.4 is 5.32 Å². The molecule has 3 N–H and O–H groups in total. The Kier molecular flexibility index (Phi) is 8.20. The van der Waals surface area contributed by atoms with Crippen LogP contribution in [-0.4, -0.2) is 33.7 Å². The monoisotopic (exact) mass is 353 g/mol. The summed E-state index contributed by atoms with van der Waals surface area (Å²) in [6.45, 7) is 0. The maximum Gasteiger partial charge on any atom is 0.303 e. The molecule has 0 aromatic rings. The number of unbranched alkanes of at least 4 members (excludes halogenated alkanes) is 3. The van der Waals surface area contributed by atoms with Gasteiger partial charge in [0.1, 0.15) is 0 Å². The van der Waals surface area contributed by atoms with Gasteiger partial charge in [0.2, 0.25) is 5.91 Å². The topological polar surface area (TPSA) is 86.6 Å². The van der Waals surface area contributed by atoms with Crippen molar-refractivity contribution in [2.45, 2.75) is 108 Å². The molecule has 0 aromatic heterocycles. The van der Waals surface area contributed by atoms with Crippen LogP contribution in [0, 0.1) is 5.92 Å². The number of carbonyl (C=O) groups excluding carboxylic acids is 1. The van der Waals surface area contributed by atoms with E-state index in [1.54, 1.807) is 0 Å². The molecule has 5 heteroatoms. The molecule has 0 bridgehead atoms. The van der Waals surface area contributed by atoms with Crippen molar-refractivity contribution in [3.63, 3.8) is 0 Å². The first-order valence-corrected chi connectivity index (χ1v) is 10.2. The highest BCUT2D eigenvalue weighted by Gasteiger charge is 2.37. The second kappa shape index (κ2) is 10.1. The normalized spacial score (nSPS) is 25.7. The molecule has 0 unspecified atom stereocenters. The molecule has 2 atom stereocenters. The highest BCUT2D eigenvalue weighted by molar-refractivity contribution is 5.79. The van der Waals surface area contributed by atoms with Crippen molar-refractivity contribution in [1.29, 1.82) is 0 Å². The van der Waals surface area contributed by atoms with Gasteiger partial charge in [-0.1, -0.05) is 38.5 Å². The van der Waals surface area contributed by atoms with Gasteiger partial charge < -0.3 is 15.5 Å². The summed E-state index contributed by atoms with van der Waals surface area (Å²) in [5.41, 5.74) is -0.139. The van der Waals surface area contributed by atoms with E-state index in [0.717, 1.165) is 64.2 Å². The van der Waals surface area contributed by atoms with Gasteiger partial charge in [-0.25, -0.2) is 0 Å². The first-order valence-electron chi connectivity index (χ1n) is 10.2. The van der Waals surface area contributed by atoms with Crippen molar-refractivity contribution < 1.29 is 19.8 Å². The van der Waals surface area contributed by atoms with Gasteiger partial charge in [0.25, 0.3) is 0 Å². The summed E-state index contributed by atoms with van der Waals surface area (Å²) >= 11 is 0. The molecular formula is C20H35NO4. The van der Waals surface area contributed by atoms with Gasteiger partial charge >= 0.3 is 5.97 Å². The fraction of sp³-hybridized carbons (Fsp3) is 0.900. The molecule has 1 aliphatic heterocycles. The zero-order chi connectivity index (χ0) is 18.1. The average Bonchev–Trinajstić information content (AvgIpc) is 2.98. The molecule has 1 amide bonds. The van der Waals surface area contributed by atoms with Crippen LogP contribution in [0.15, 0.2) is 0 Å². The quantitative estimate of drug-likeness (QED) is 0.493. The first-order chi connectivity index (χ1) is 12.0. The van der Waals surface area contributed by atoms with Crippen molar-refractivity contribution in [1.82, 2.24) is 5.32 Å². The Morgan fingerprint density at radius 1 is 1.12 bits per heavy atom. The van der Waals surface area contributed by atoms with E-state index in [1.807, 2.05) is 0 Å². The van der Waals surface area contributed by atoms with Crippen LogP contribution in [0.25, 0.3) is 0 Å². The second-order valence-corrected chi connectivity index (χ2v) is 8.14. The maximum absolute atomic E-state index is 11.8. The number of carboxylic acid groups (broad SMARTS) is 1. The molecule has 1 saturated carbocycles. The number of carboxylic acids is 1. The number of aliphatic hydroxyl groups is 1. The van der Waals surface area contributed by atoms with Crippen molar-refractivity contribution in [3.8, 4) is 0 Å². The van der Waals surface area contributed by atoms with Gasteiger partial charge in [-0.05, 0) is 50.9 Å². The minimum absolute atomic E-state index is 0.137. The van der Waals surface area contributed by atoms with Gasteiger partial charge in [0.05, 0.1) is 6.10 Å². The highest BCUT2D eigenvalue weighted by Crippen LogP contribution is 2.34. The predicted octanol–water partition coefficient (Wildman–Crippen LogP) is 3.78. The predicted molar refractivity (Wildman–Crippen MR) is 97.3 cm³/mol. The van der Waals surface area contributed by atoms with E-state index in [2.05, 4.69) is 5.32 Å². The number of hydrogen-bond acceptors (Lipinski definition) is 3. The lowest BCUT2D eigenvalue weighted by atomic mass is 9.80. The van der Waals surface area contributed by atoms with Gasteiger partial charge in [0.15, 0.2) is 0 Å². The van der Waals surface area contributed by atoms with Crippen LogP contribution >= 0.6 is 0 Å². The molecule has 144 valence electrons. The smallest absolute Gasteiger partial charge is 0.303 e. The molecule has 0 spiro atoms. The fourth-order valence-electron chi connectivity index (χ4n) is 4.55. The number of hydrogen-bond donors (Lipinski definition) is 3. The van der Waals surface area contributed by atoms with E-state index >= 15 is 0 Å². The number of amides is 1. The van der Waals surface area contributed by atoms with E-state index in [9.17, 15) is 14.7 Å². The Morgan fingerprint density at radius 2 is 1.84 bits per heavy atom. The van der Waals surface area contributed by atoms with E-state index in [-0.39, 0.29) is 24.0 Å². The summed E-state index contributed by atoms with van der Waals surface area (Å²) in [7, 11) is 0. The van der Waals surface area contributed by atoms with E-state index in [1.165, 1.54) is 19.3 Å². The van der Waals surface area contributed by atoms with Crippen LogP contribution in [0.1, 0.15) is 96.3 Å². The minimum atomic E-state index is -0.726. The van der Waals surface area contributed by atoms with Crippen LogP contribution in [0.4, 0.5) is 0 Å².